The minimum atomic E-state index is -0.277. The second-order valence-electron chi connectivity index (χ2n) is 6.04. The molecule has 1 heterocycles. The molecular formula is C17H18ClFN2O2. The fourth-order valence-electron chi connectivity index (χ4n) is 2.50. The third-order valence-electron chi connectivity index (χ3n) is 4.08. The van der Waals surface area contributed by atoms with E-state index in [0.29, 0.717) is 23.7 Å². The van der Waals surface area contributed by atoms with Crippen molar-refractivity contribution in [1.29, 1.82) is 0 Å². The lowest BCUT2D eigenvalue weighted by Gasteiger charge is -2.23. The molecule has 1 aromatic carbocycles. The van der Waals surface area contributed by atoms with Gasteiger partial charge in [-0.15, -0.1) is 0 Å². The van der Waals surface area contributed by atoms with Crippen molar-refractivity contribution in [2.45, 2.75) is 32.7 Å². The van der Waals surface area contributed by atoms with Crippen LogP contribution in [0.2, 0.25) is 5.22 Å². The summed E-state index contributed by atoms with van der Waals surface area (Å²) < 4.78 is 17.9. The van der Waals surface area contributed by atoms with E-state index in [1.807, 2.05) is 4.90 Å². The highest BCUT2D eigenvalue weighted by atomic mass is 35.5. The van der Waals surface area contributed by atoms with Gasteiger partial charge in [0.05, 0.1) is 12.1 Å². The monoisotopic (exact) mass is 336 g/mol. The summed E-state index contributed by atoms with van der Waals surface area (Å²) in [6.07, 6.45) is 2.47. The Morgan fingerprint density at radius 3 is 2.65 bits per heavy atom. The first-order valence-corrected chi connectivity index (χ1v) is 8.03. The summed E-state index contributed by atoms with van der Waals surface area (Å²) in [6, 6.07) is 6.24. The Kier molecular flexibility index (Phi) is 4.66. The quantitative estimate of drug-likeness (QED) is 0.807. The Balaban J connectivity index is 1.72. The Hall–Kier alpha value is -1.88. The second-order valence-corrected chi connectivity index (χ2v) is 6.38. The highest BCUT2D eigenvalue weighted by Gasteiger charge is 2.28. The van der Waals surface area contributed by atoms with Crippen molar-refractivity contribution in [2.75, 3.05) is 6.54 Å². The van der Waals surface area contributed by atoms with Crippen LogP contribution in [-0.4, -0.2) is 22.5 Å². The zero-order valence-corrected chi connectivity index (χ0v) is 13.6. The standard InChI is InChI=1S/C17H18ClFN2O2/c1-11-15(17(18)23-20-11)8-16(22)21(9-12-2-3-12)10-13-4-6-14(19)7-5-13/h4-7,12H,2-3,8-10H2,1H3. The van der Waals surface area contributed by atoms with Crippen LogP contribution in [0.15, 0.2) is 28.8 Å². The number of aryl methyl sites for hydroxylation is 1. The summed E-state index contributed by atoms with van der Waals surface area (Å²) in [4.78, 5) is 14.5. The van der Waals surface area contributed by atoms with Crippen LogP contribution in [-0.2, 0) is 17.8 Å². The van der Waals surface area contributed by atoms with Gasteiger partial charge in [-0.3, -0.25) is 4.79 Å². The molecule has 23 heavy (non-hydrogen) atoms. The van der Waals surface area contributed by atoms with Crippen molar-refractivity contribution in [2.24, 2.45) is 5.92 Å². The van der Waals surface area contributed by atoms with Gasteiger partial charge in [0.15, 0.2) is 0 Å². The van der Waals surface area contributed by atoms with E-state index in [0.717, 1.165) is 24.9 Å². The minimum Gasteiger partial charge on any atom is -0.344 e. The molecule has 6 heteroatoms. The topological polar surface area (TPSA) is 46.3 Å². The molecule has 0 aliphatic heterocycles. The van der Waals surface area contributed by atoms with Crippen LogP contribution in [0.1, 0.15) is 29.7 Å². The maximum atomic E-state index is 13.0. The van der Waals surface area contributed by atoms with Gasteiger partial charge < -0.3 is 9.42 Å². The van der Waals surface area contributed by atoms with Crippen molar-refractivity contribution in [3.05, 3.63) is 52.1 Å². The van der Waals surface area contributed by atoms with E-state index in [1.54, 1.807) is 19.1 Å². The van der Waals surface area contributed by atoms with E-state index < -0.39 is 0 Å². The van der Waals surface area contributed by atoms with E-state index in [4.69, 9.17) is 16.1 Å². The van der Waals surface area contributed by atoms with Crippen molar-refractivity contribution < 1.29 is 13.7 Å². The van der Waals surface area contributed by atoms with E-state index in [-0.39, 0.29) is 23.4 Å². The van der Waals surface area contributed by atoms with Crippen molar-refractivity contribution >= 4 is 17.5 Å². The first kappa shape index (κ1) is 16.0. The molecule has 0 bridgehead atoms. The highest BCUT2D eigenvalue weighted by Crippen LogP contribution is 2.31. The van der Waals surface area contributed by atoms with E-state index in [9.17, 15) is 9.18 Å². The van der Waals surface area contributed by atoms with Crippen LogP contribution in [0.5, 0.6) is 0 Å². The zero-order valence-electron chi connectivity index (χ0n) is 12.9. The summed E-state index contributed by atoms with van der Waals surface area (Å²) in [6.45, 7) is 2.96. The summed E-state index contributed by atoms with van der Waals surface area (Å²) in [5.41, 5.74) is 2.18. The lowest BCUT2D eigenvalue weighted by atomic mass is 10.1. The summed E-state index contributed by atoms with van der Waals surface area (Å²) in [7, 11) is 0. The van der Waals surface area contributed by atoms with Crippen LogP contribution in [0.3, 0.4) is 0 Å². The largest absolute Gasteiger partial charge is 0.344 e. The molecule has 1 fully saturated rings. The lowest BCUT2D eigenvalue weighted by Crippen LogP contribution is -2.33. The number of rotatable bonds is 6. The molecule has 0 N–H and O–H groups in total. The Bertz CT molecular complexity index is 676. The number of hydrogen-bond acceptors (Lipinski definition) is 3. The molecule has 0 unspecified atom stereocenters. The van der Waals surface area contributed by atoms with Crippen molar-refractivity contribution in [3.8, 4) is 0 Å². The Morgan fingerprint density at radius 1 is 1.39 bits per heavy atom. The number of carbonyl (C=O) groups is 1. The second kappa shape index (κ2) is 6.71. The molecule has 122 valence electrons. The van der Waals surface area contributed by atoms with Crippen LogP contribution in [0.25, 0.3) is 0 Å². The number of amides is 1. The fourth-order valence-corrected chi connectivity index (χ4v) is 2.74. The molecule has 0 saturated heterocycles. The minimum absolute atomic E-state index is 0.0191. The van der Waals surface area contributed by atoms with Crippen LogP contribution in [0.4, 0.5) is 4.39 Å². The van der Waals surface area contributed by atoms with Crippen LogP contribution >= 0.6 is 11.6 Å². The molecule has 0 spiro atoms. The number of hydrogen-bond donors (Lipinski definition) is 0. The third kappa shape index (κ3) is 4.10. The summed E-state index contributed by atoms with van der Waals surface area (Å²) in [5.74, 6) is 0.272. The maximum Gasteiger partial charge on any atom is 0.229 e. The van der Waals surface area contributed by atoms with Crippen LogP contribution < -0.4 is 0 Å². The van der Waals surface area contributed by atoms with Gasteiger partial charge in [-0.1, -0.05) is 17.3 Å². The number of carbonyl (C=O) groups excluding carboxylic acids is 1. The van der Waals surface area contributed by atoms with Gasteiger partial charge in [0.25, 0.3) is 0 Å². The van der Waals surface area contributed by atoms with Crippen LogP contribution in [0, 0.1) is 18.7 Å². The predicted molar refractivity (Wildman–Crippen MR) is 84.5 cm³/mol. The number of nitrogens with zero attached hydrogens (tertiary/aromatic N) is 2. The highest BCUT2D eigenvalue weighted by molar-refractivity contribution is 6.29. The molecule has 1 aliphatic carbocycles. The Morgan fingerprint density at radius 2 is 2.09 bits per heavy atom. The smallest absolute Gasteiger partial charge is 0.229 e. The van der Waals surface area contributed by atoms with Crippen molar-refractivity contribution in [3.63, 3.8) is 0 Å². The van der Waals surface area contributed by atoms with E-state index in [1.165, 1.54) is 12.1 Å². The van der Waals surface area contributed by atoms with Gasteiger partial charge in [0.1, 0.15) is 5.82 Å². The molecule has 3 rings (SSSR count). The average Bonchev–Trinajstić information content (AvgIpc) is 3.29. The molecule has 1 amide bonds. The molecule has 0 atom stereocenters. The van der Waals surface area contributed by atoms with Gasteiger partial charge in [0.2, 0.25) is 11.1 Å². The summed E-state index contributed by atoms with van der Waals surface area (Å²) in [5, 5.41) is 3.95. The SMILES string of the molecule is Cc1noc(Cl)c1CC(=O)N(Cc1ccc(F)cc1)CC1CC1. The van der Waals surface area contributed by atoms with Crippen molar-refractivity contribution in [1.82, 2.24) is 10.1 Å². The molecular weight excluding hydrogens is 319 g/mol. The van der Waals surface area contributed by atoms with Gasteiger partial charge in [0, 0.05) is 18.7 Å². The molecule has 0 radical (unpaired) electrons. The van der Waals surface area contributed by atoms with Gasteiger partial charge in [-0.2, -0.15) is 0 Å². The first-order valence-electron chi connectivity index (χ1n) is 7.66. The average molecular weight is 337 g/mol. The van der Waals surface area contributed by atoms with E-state index >= 15 is 0 Å². The summed E-state index contributed by atoms with van der Waals surface area (Å²) >= 11 is 5.95. The molecule has 1 aliphatic rings. The van der Waals surface area contributed by atoms with Gasteiger partial charge >= 0.3 is 0 Å². The number of aromatic nitrogens is 1. The van der Waals surface area contributed by atoms with Gasteiger partial charge in [-0.05, 0) is 55.0 Å². The number of halogens is 2. The number of benzene rings is 1. The molecule has 1 saturated carbocycles. The molecule has 4 nitrogen and oxygen atoms in total. The lowest BCUT2D eigenvalue weighted by molar-refractivity contribution is -0.131. The first-order chi connectivity index (χ1) is 11.0. The predicted octanol–water partition coefficient (Wildman–Crippen LogP) is 3.76. The Labute approximate surface area is 139 Å². The fraction of sp³-hybridized carbons (Fsp3) is 0.412. The maximum absolute atomic E-state index is 13.0. The normalized spacial score (nSPS) is 14.0. The van der Waals surface area contributed by atoms with Gasteiger partial charge in [-0.25, -0.2) is 4.39 Å². The molecule has 1 aromatic heterocycles. The third-order valence-corrected chi connectivity index (χ3v) is 4.38. The van der Waals surface area contributed by atoms with E-state index in [2.05, 4.69) is 5.16 Å². The zero-order chi connectivity index (χ0) is 16.4. The molecule has 2 aromatic rings.